The maximum absolute atomic E-state index is 2.44. The zero-order valence-corrected chi connectivity index (χ0v) is 11.2. The molecule has 0 spiro atoms. The lowest BCUT2D eigenvalue weighted by Crippen LogP contribution is -2.02. The van der Waals surface area contributed by atoms with E-state index in [1.807, 2.05) is 11.3 Å². The van der Waals surface area contributed by atoms with Crippen LogP contribution < -0.4 is 0 Å². The van der Waals surface area contributed by atoms with Crippen molar-refractivity contribution < 1.29 is 0 Å². The quantitative estimate of drug-likeness (QED) is 0.651. The lowest BCUT2D eigenvalue weighted by Gasteiger charge is -2.17. The van der Waals surface area contributed by atoms with Crippen LogP contribution in [0.3, 0.4) is 0 Å². The largest absolute Gasteiger partial charge is 0.141 e. The predicted molar refractivity (Wildman–Crippen MR) is 74.0 cm³/mol. The molecule has 1 heteroatoms. The van der Waals surface area contributed by atoms with Gasteiger partial charge in [-0.25, -0.2) is 0 Å². The van der Waals surface area contributed by atoms with Gasteiger partial charge in [-0.3, -0.25) is 0 Å². The number of thiophene rings is 1. The van der Waals surface area contributed by atoms with Crippen LogP contribution in [0.4, 0.5) is 0 Å². The van der Waals surface area contributed by atoms with Gasteiger partial charge in [-0.15, -0.1) is 11.3 Å². The van der Waals surface area contributed by atoms with E-state index in [1.165, 1.54) is 41.9 Å². The van der Waals surface area contributed by atoms with E-state index in [1.54, 1.807) is 0 Å². The molecule has 0 amide bonds. The molecule has 0 aliphatic heterocycles. The monoisotopic (exact) mass is 234 g/mol. The van der Waals surface area contributed by atoms with Crippen molar-refractivity contribution in [3.05, 3.63) is 28.0 Å². The van der Waals surface area contributed by atoms with Crippen LogP contribution in [0.2, 0.25) is 0 Å². The summed E-state index contributed by atoms with van der Waals surface area (Å²) < 4.78 is 0. The van der Waals surface area contributed by atoms with Crippen molar-refractivity contribution in [2.75, 3.05) is 0 Å². The van der Waals surface area contributed by atoms with Gasteiger partial charge in [0.1, 0.15) is 0 Å². The van der Waals surface area contributed by atoms with E-state index in [9.17, 15) is 0 Å². The van der Waals surface area contributed by atoms with E-state index in [0.717, 1.165) is 5.92 Å². The van der Waals surface area contributed by atoms with Gasteiger partial charge < -0.3 is 0 Å². The number of allylic oxidation sites excluding steroid dienone is 1. The van der Waals surface area contributed by atoms with Gasteiger partial charge in [0.05, 0.1) is 0 Å². The third-order valence-corrected chi connectivity index (χ3v) is 4.75. The molecule has 0 unspecified atom stereocenters. The summed E-state index contributed by atoms with van der Waals surface area (Å²) in [6, 6.07) is 4.54. The minimum absolute atomic E-state index is 0.668. The Kier molecular flexibility index (Phi) is 4.22. The lowest BCUT2D eigenvalue weighted by atomic mass is 9.89. The Morgan fingerprint density at radius 2 is 1.94 bits per heavy atom. The van der Waals surface area contributed by atoms with Gasteiger partial charge in [0.25, 0.3) is 0 Å². The second kappa shape index (κ2) is 5.67. The molecule has 1 aliphatic carbocycles. The summed E-state index contributed by atoms with van der Waals surface area (Å²) in [5.41, 5.74) is 0. The summed E-state index contributed by atoms with van der Waals surface area (Å²) in [4.78, 5) is 2.93. The van der Waals surface area contributed by atoms with Crippen LogP contribution in [0, 0.1) is 5.92 Å². The summed E-state index contributed by atoms with van der Waals surface area (Å²) >= 11 is 1.94. The fourth-order valence-electron chi connectivity index (χ4n) is 2.33. The van der Waals surface area contributed by atoms with Crippen molar-refractivity contribution in [3.8, 4) is 0 Å². The Balaban J connectivity index is 1.94. The first-order valence-electron chi connectivity index (χ1n) is 6.53. The maximum atomic E-state index is 2.44. The molecule has 88 valence electrons. The van der Waals surface area contributed by atoms with E-state index in [2.05, 4.69) is 38.1 Å². The van der Waals surface area contributed by atoms with Gasteiger partial charge in [0.15, 0.2) is 0 Å². The topological polar surface area (TPSA) is 0 Å². The number of rotatable bonds is 3. The van der Waals surface area contributed by atoms with Gasteiger partial charge in [0.2, 0.25) is 0 Å². The molecule has 16 heavy (non-hydrogen) atoms. The summed E-state index contributed by atoms with van der Waals surface area (Å²) in [5, 5.41) is 0. The number of hydrogen-bond donors (Lipinski definition) is 0. The van der Waals surface area contributed by atoms with Crippen molar-refractivity contribution >= 4 is 17.4 Å². The second-order valence-corrected chi connectivity index (χ2v) is 6.30. The van der Waals surface area contributed by atoms with Crippen LogP contribution >= 0.6 is 11.3 Å². The zero-order chi connectivity index (χ0) is 11.4. The molecule has 0 N–H and O–H groups in total. The van der Waals surface area contributed by atoms with Gasteiger partial charge in [-0.1, -0.05) is 39.2 Å². The molecule has 2 rings (SSSR count). The average molecular weight is 234 g/mol. The van der Waals surface area contributed by atoms with Crippen molar-refractivity contribution in [3.63, 3.8) is 0 Å². The Labute approximate surface area is 103 Å². The number of hydrogen-bond acceptors (Lipinski definition) is 1. The highest BCUT2D eigenvalue weighted by molar-refractivity contribution is 7.13. The highest BCUT2D eigenvalue weighted by Gasteiger charge is 2.10. The van der Waals surface area contributed by atoms with Gasteiger partial charge >= 0.3 is 0 Å². The molecule has 0 saturated heterocycles. The van der Waals surface area contributed by atoms with Crippen LogP contribution in [0.5, 0.6) is 0 Å². The molecule has 0 nitrogen and oxygen atoms in total. The Bertz CT molecular complexity index is 340. The van der Waals surface area contributed by atoms with Crippen molar-refractivity contribution in [2.24, 2.45) is 5.92 Å². The van der Waals surface area contributed by atoms with Gasteiger partial charge in [-0.05, 0) is 42.9 Å². The third-order valence-electron chi connectivity index (χ3n) is 3.40. The normalized spacial score (nSPS) is 18.7. The van der Waals surface area contributed by atoms with Gasteiger partial charge in [0, 0.05) is 9.75 Å². The van der Waals surface area contributed by atoms with Crippen LogP contribution in [-0.4, -0.2) is 0 Å². The molecule has 0 radical (unpaired) electrons. The summed E-state index contributed by atoms with van der Waals surface area (Å²) in [7, 11) is 0. The van der Waals surface area contributed by atoms with Crippen LogP contribution in [0.25, 0.3) is 6.08 Å². The molecule has 0 aromatic carbocycles. The van der Waals surface area contributed by atoms with Crippen molar-refractivity contribution in [1.82, 2.24) is 0 Å². The smallest absolute Gasteiger partial charge is 0.0270 e. The molecule has 1 heterocycles. The van der Waals surface area contributed by atoms with Crippen LogP contribution in [-0.2, 0) is 0 Å². The van der Waals surface area contributed by atoms with Crippen molar-refractivity contribution in [2.45, 2.75) is 51.9 Å². The highest BCUT2D eigenvalue weighted by Crippen LogP contribution is 2.28. The average Bonchev–Trinajstić information content (AvgIpc) is 2.76. The Morgan fingerprint density at radius 3 is 2.56 bits per heavy atom. The highest BCUT2D eigenvalue weighted by atomic mass is 32.1. The first-order valence-corrected chi connectivity index (χ1v) is 7.35. The minimum Gasteiger partial charge on any atom is -0.141 e. The summed E-state index contributed by atoms with van der Waals surface area (Å²) in [6.45, 7) is 4.53. The molecule has 1 saturated carbocycles. The van der Waals surface area contributed by atoms with Gasteiger partial charge in [-0.2, -0.15) is 0 Å². The standard InChI is InChI=1S/C15H22S/c1-12(2)15-11-10-14(16-15)9-8-13-6-4-3-5-7-13/h8-13H,3-7H2,1-2H3/b9-8+. The molecule has 1 fully saturated rings. The molecule has 1 aliphatic rings. The summed E-state index contributed by atoms with van der Waals surface area (Å²) in [5.74, 6) is 1.51. The summed E-state index contributed by atoms with van der Waals surface area (Å²) in [6.07, 6.45) is 11.9. The fraction of sp³-hybridized carbons (Fsp3) is 0.600. The first-order chi connectivity index (χ1) is 7.75. The molecule has 1 aromatic rings. The van der Waals surface area contributed by atoms with Crippen LogP contribution in [0.15, 0.2) is 18.2 Å². The maximum Gasteiger partial charge on any atom is 0.0270 e. The van der Waals surface area contributed by atoms with E-state index in [-0.39, 0.29) is 0 Å². The first kappa shape index (κ1) is 11.9. The Morgan fingerprint density at radius 1 is 1.19 bits per heavy atom. The second-order valence-electron chi connectivity index (χ2n) is 5.15. The van der Waals surface area contributed by atoms with Crippen molar-refractivity contribution in [1.29, 1.82) is 0 Å². The van der Waals surface area contributed by atoms with E-state index >= 15 is 0 Å². The predicted octanol–water partition coefficient (Wildman–Crippen LogP) is 5.47. The minimum atomic E-state index is 0.668. The fourth-order valence-corrected chi connectivity index (χ4v) is 3.25. The molecule has 0 bridgehead atoms. The third kappa shape index (κ3) is 3.21. The molecular formula is C15H22S. The Hall–Kier alpha value is -0.560. The molecular weight excluding hydrogens is 212 g/mol. The lowest BCUT2D eigenvalue weighted by molar-refractivity contribution is 0.420. The van der Waals surface area contributed by atoms with E-state index in [0.29, 0.717) is 5.92 Å². The van der Waals surface area contributed by atoms with E-state index < -0.39 is 0 Å². The molecule has 0 atom stereocenters. The van der Waals surface area contributed by atoms with E-state index in [4.69, 9.17) is 0 Å². The van der Waals surface area contributed by atoms with Crippen LogP contribution in [0.1, 0.15) is 61.6 Å². The zero-order valence-electron chi connectivity index (χ0n) is 10.4. The SMILES string of the molecule is CC(C)c1ccc(/C=C/C2CCCCC2)s1. The molecule has 1 aromatic heterocycles.